The second kappa shape index (κ2) is 5.18. The van der Waals surface area contributed by atoms with Crippen molar-refractivity contribution in [3.8, 4) is 0 Å². The maximum absolute atomic E-state index is 12.0. The predicted molar refractivity (Wildman–Crippen MR) is 77.2 cm³/mol. The fraction of sp³-hybridized carbons (Fsp3) is 0.143. The van der Waals surface area contributed by atoms with Gasteiger partial charge in [-0.2, -0.15) is 0 Å². The van der Waals surface area contributed by atoms with Crippen LogP contribution in [0.25, 0.3) is 10.9 Å². The SMILES string of the molecule is N[C@H](Cc1c[nH]c2ccccc12)C(=O)Nc1ncc[nH]1. The predicted octanol–water partition coefficient (Wildman–Crippen LogP) is 1.40. The summed E-state index contributed by atoms with van der Waals surface area (Å²) in [4.78, 5) is 21.9. The Kier molecular flexibility index (Phi) is 3.22. The van der Waals surface area contributed by atoms with Crippen molar-refractivity contribution < 1.29 is 4.79 Å². The first-order valence-electron chi connectivity index (χ1n) is 6.35. The molecule has 0 fully saturated rings. The summed E-state index contributed by atoms with van der Waals surface area (Å²) in [6, 6.07) is 7.31. The van der Waals surface area contributed by atoms with Gasteiger partial charge < -0.3 is 15.7 Å². The van der Waals surface area contributed by atoms with Crippen molar-refractivity contribution in [1.29, 1.82) is 0 Å². The Morgan fingerprint density at radius 3 is 3.00 bits per heavy atom. The Hall–Kier alpha value is -2.60. The third-order valence-electron chi connectivity index (χ3n) is 3.19. The highest BCUT2D eigenvalue weighted by Gasteiger charge is 2.16. The van der Waals surface area contributed by atoms with Gasteiger partial charge >= 0.3 is 0 Å². The topological polar surface area (TPSA) is 99.6 Å². The third kappa shape index (κ3) is 2.41. The molecule has 1 aromatic carbocycles. The molecule has 0 saturated carbocycles. The summed E-state index contributed by atoms with van der Waals surface area (Å²) in [6.45, 7) is 0. The van der Waals surface area contributed by atoms with Gasteiger partial charge in [0, 0.05) is 29.5 Å². The monoisotopic (exact) mass is 269 g/mol. The first-order chi connectivity index (χ1) is 9.74. The number of hydrogen-bond acceptors (Lipinski definition) is 3. The number of fused-ring (bicyclic) bond motifs is 1. The van der Waals surface area contributed by atoms with Gasteiger partial charge in [0.2, 0.25) is 11.9 Å². The lowest BCUT2D eigenvalue weighted by atomic mass is 10.1. The van der Waals surface area contributed by atoms with E-state index in [-0.39, 0.29) is 5.91 Å². The average Bonchev–Trinajstić information content (AvgIpc) is 3.09. The number of rotatable bonds is 4. The zero-order chi connectivity index (χ0) is 13.9. The first-order valence-corrected chi connectivity index (χ1v) is 6.35. The van der Waals surface area contributed by atoms with E-state index in [1.165, 1.54) is 0 Å². The smallest absolute Gasteiger partial charge is 0.243 e. The lowest BCUT2D eigenvalue weighted by molar-refractivity contribution is -0.117. The Bertz CT molecular complexity index is 716. The molecule has 0 radical (unpaired) electrons. The number of aromatic amines is 2. The van der Waals surface area contributed by atoms with Crippen LogP contribution < -0.4 is 11.1 Å². The number of nitrogens with one attached hydrogen (secondary N) is 3. The van der Waals surface area contributed by atoms with Crippen LogP contribution in [0.3, 0.4) is 0 Å². The van der Waals surface area contributed by atoms with Crippen LogP contribution in [0.4, 0.5) is 5.95 Å². The third-order valence-corrected chi connectivity index (χ3v) is 3.19. The number of nitrogens with zero attached hydrogens (tertiary/aromatic N) is 1. The number of anilines is 1. The van der Waals surface area contributed by atoms with E-state index in [1.807, 2.05) is 30.5 Å². The van der Waals surface area contributed by atoms with Gasteiger partial charge in [-0.15, -0.1) is 0 Å². The number of H-pyrrole nitrogens is 2. The summed E-state index contributed by atoms with van der Waals surface area (Å²) in [5.74, 6) is 0.148. The van der Waals surface area contributed by atoms with E-state index < -0.39 is 6.04 Å². The highest BCUT2D eigenvalue weighted by Crippen LogP contribution is 2.18. The molecule has 3 aromatic rings. The van der Waals surface area contributed by atoms with Gasteiger partial charge in [0.1, 0.15) is 0 Å². The molecule has 2 aromatic heterocycles. The molecule has 5 N–H and O–H groups in total. The number of amides is 1. The fourth-order valence-corrected chi connectivity index (χ4v) is 2.17. The molecular formula is C14H15N5O. The number of hydrogen-bond donors (Lipinski definition) is 4. The molecule has 3 rings (SSSR count). The minimum absolute atomic E-state index is 0.259. The van der Waals surface area contributed by atoms with Crippen LogP contribution in [0.1, 0.15) is 5.56 Å². The van der Waals surface area contributed by atoms with Crippen molar-refractivity contribution in [3.05, 3.63) is 48.4 Å². The van der Waals surface area contributed by atoms with Gasteiger partial charge in [-0.1, -0.05) is 18.2 Å². The second-order valence-corrected chi connectivity index (χ2v) is 4.60. The lowest BCUT2D eigenvalue weighted by Crippen LogP contribution is -2.37. The number of carbonyl (C=O) groups is 1. The maximum atomic E-state index is 12.0. The van der Waals surface area contributed by atoms with Crippen LogP contribution >= 0.6 is 0 Å². The van der Waals surface area contributed by atoms with Crippen molar-refractivity contribution >= 4 is 22.8 Å². The van der Waals surface area contributed by atoms with Crippen LogP contribution in [0, 0.1) is 0 Å². The van der Waals surface area contributed by atoms with E-state index in [0.717, 1.165) is 16.5 Å². The van der Waals surface area contributed by atoms with Gasteiger partial charge in [0.25, 0.3) is 0 Å². The van der Waals surface area contributed by atoms with E-state index in [2.05, 4.69) is 20.3 Å². The maximum Gasteiger partial charge on any atom is 0.243 e. The number of para-hydroxylation sites is 1. The van der Waals surface area contributed by atoms with Crippen molar-refractivity contribution in [2.24, 2.45) is 5.73 Å². The van der Waals surface area contributed by atoms with Gasteiger partial charge in [-0.05, 0) is 18.1 Å². The van der Waals surface area contributed by atoms with Crippen molar-refractivity contribution in [3.63, 3.8) is 0 Å². The van der Waals surface area contributed by atoms with Gasteiger partial charge in [0.05, 0.1) is 6.04 Å². The molecule has 6 nitrogen and oxygen atoms in total. The molecule has 20 heavy (non-hydrogen) atoms. The molecule has 0 aliphatic heterocycles. The van der Waals surface area contributed by atoms with E-state index in [9.17, 15) is 4.79 Å². The van der Waals surface area contributed by atoms with Gasteiger partial charge in [-0.25, -0.2) is 4.98 Å². The van der Waals surface area contributed by atoms with Gasteiger partial charge in [-0.3, -0.25) is 10.1 Å². The van der Waals surface area contributed by atoms with E-state index in [0.29, 0.717) is 12.4 Å². The minimum Gasteiger partial charge on any atom is -0.361 e. The van der Waals surface area contributed by atoms with Crippen LogP contribution in [-0.2, 0) is 11.2 Å². The minimum atomic E-state index is -0.626. The van der Waals surface area contributed by atoms with Crippen LogP contribution in [0.15, 0.2) is 42.9 Å². The summed E-state index contributed by atoms with van der Waals surface area (Å²) in [6.07, 6.45) is 5.57. The number of aromatic nitrogens is 3. The number of imidazole rings is 1. The summed E-state index contributed by atoms with van der Waals surface area (Å²) in [5, 5.41) is 3.73. The summed E-state index contributed by atoms with van der Waals surface area (Å²) < 4.78 is 0. The summed E-state index contributed by atoms with van der Waals surface area (Å²) >= 11 is 0. The van der Waals surface area contributed by atoms with Crippen LogP contribution in [0.5, 0.6) is 0 Å². The lowest BCUT2D eigenvalue weighted by Gasteiger charge is -2.10. The molecule has 0 spiro atoms. The Balaban J connectivity index is 1.72. The highest BCUT2D eigenvalue weighted by molar-refractivity contribution is 5.94. The van der Waals surface area contributed by atoms with Crippen molar-refractivity contribution in [2.75, 3.05) is 5.32 Å². The number of benzene rings is 1. The molecule has 2 heterocycles. The average molecular weight is 269 g/mol. The van der Waals surface area contributed by atoms with E-state index >= 15 is 0 Å². The Morgan fingerprint density at radius 2 is 2.20 bits per heavy atom. The molecule has 0 saturated heterocycles. The van der Waals surface area contributed by atoms with Crippen molar-refractivity contribution in [1.82, 2.24) is 15.0 Å². The Labute approximate surface area is 115 Å². The fourth-order valence-electron chi connectivity index (χ4n) is 2.17. The van der Waals surface area contributed by atoms with E-state index in [4.69, 9.17) is 5.73 Å². The molecule has 0 unspecified atom stereocenters. The van der Waals surface area contributed by atoms with Gasteiger partial charge in [0.15, 0.2) is 0 Å². The highest BCUT2D eigenvalue weighted by atomic mass is 16.2. The molecular weight excluding hydrogens is 254 g/mol. The van der Waals surface area contributed by atoms with Crippen molar-refractivity contribution in [2.45, 2.75) is 12.5 Å². The summed E-state index contributed by atoms with van der Waals surface area (Å²) in [5.41, 5.74) is 8.02. The molecule has 0 bridgehead atoms. The Morgan fingerprint density at radius 1 is 1.35 bits per heavy atom. The van der Waals surface area contributed by atoms with Crippen LogP contribution in [0.2, 0.25) is 0 Å². The molecule has 6 heteroatoms. The molecule has 0 aliphatic carbocycles. The molecule has 0 aliphatic rings. The molecule has 1 amide bonds. The number of nitrogens with two attached hydrogens (primary N) is 1. The number of carbonyl (C=O) groups excluding carboxylic acids is 1. The van der Waals surface area contributed by atoms with Crippen LogP contribution in [-0.4, -0.2) is 26.9 Å². The van der Waals surface area contributed by atoms with E-state index in [1.54, 1.807) is 12.4 Å². The molecule has 102 valence electrons. The molecule has 1 atom stereocenters. The zero-order valence-corrected chi connectivity index (χ0v) is 10.8. The normalized spacial score (nSPS) is 12.4. The largest absolute Gasteiger partial charge is 0.361 e. The summed E-state index contributed by atoms with van der Waals surface area (Å²) in [7, 11) is 0. The zero-order valence-electron chi connectivity index (χ0n) is 10.8. The standard InChI is InChI=1S/C14H15N5O/c15-11(13(20)19-14-16-5-6-17-14)7-9-8-18-12-4-2-1-3-10(9)12/h1-6,8,11,18H,7,15H2,(H2,16,17,19,20)/t11-/m1/s1. The first kappa shape index (κ1) is 12.4. The quantitative estimate of drug-likeness (QED) is 0.576. The second-order valence-electron chi connectivity index (χ2n) is 4.60.